The number of carbonyl (C=O) groups excluding carboxylic acids is 1. The minimum absolute atomic E-state index is 0.306. The number of aromatic nitrogens is 2. The fourth-order valence-electron chi connectivity index (χ4n) is 3.35. The van der Waals surface area contributed by atoms with E-state index in [0.717, 1.165) is 34.8 Å². The van der Waals surface area contributed by atoms with Gasteiger partial charge in [-0.05, 0) is 24.3 Å². The predicted octanol–water partition coefficient (Wildman–Crippen LogP) is 4.46. The molecule has 0 fully saturated rings. The number of benzene rings is 2. The SMILES string of the molecule is Cn1c2c(c(=NC(=O)c3cccc(C(F)(F)F)c3F)n1-c1ccccc1)CSC2. The second kappa shape index (κ2) is 7.22. The molecule has 4 rings (SSSR count). The van der Waals surface area contributed by atoms with Crippen LogP contribution in [0, 0.1) is 5.82 Å². The summed E-state index contributed by atoms with van der Waals surface area (Å²) in [4.78, 5) is 16.8. The summed E-state index contributed by atoms with van der Waals surface area (Å²) in [5.41, 5.74) is 0.647. The van der Waals surface area contributed by atoms with E-state index in [4.69, 9.17) is 0 Å². The third kappa shape index (κ3) is 3.39. The lowest BCUT2D eigenvalue weighted by atomic mass is 10.1. The zero-order valence-corrected chi connectivity index (χ0v) is 16.0. The van der Waals surface area contributed by atoms with E-state index in [1.54, 1.807) is 16.4 Å². The van der Waals surface area contributed by atoms with Gasteiger partial charge >= 0.3 is 6.18 Å². The van der Waals surface area contributed by atoms with Crippen molar-refractivity contribution in [3.8, 4) is 5.69 Å². The van der Waals surface area contributed by atoms with Crippen LogP contribution in [0.4, 0.5) is 17.6 Å². The molecule has 9 heteroatoms. The van der Waals surface area contributed by atoms with Crippen LogP contribution < -0.4 is 5.49 Å². The van der Waals surface area contributed by atoms with Crippen LogP contribution in [0.15, 0.2) is 53.5 Å². The first-order valence-electron chi connectivity index (χ1n) is 8.66. The van der Waals surface area contributed by atoms with Crippen molar-refractivity contribution in [1.29, 1.82) is 0 Å². The van der Waals surface area contributed by atoms with Gasteiger partial charge < -0.3 is 0 Å². The standard InChI is InChI=1S/C20H15F4N3OS/c1-26-16-11-29-10-14(16)18(27(26)12-6-3-2-4-7-12)25-19(28)13-8-5-9-15(17(13)21)20(22,23)24/h2-9H,10-11H2,1H3. The van der Waals surface area contributed by atoms with E-state index in [2.05, 4.69) is 4.99 Å². The lowest BCUT2D eigenvalue weighted by Gasteiger charge is -2.11. The summed E-state index contributed by atoms with van der Waals surface area (Å²) in [5.74, 6) is -1.33. The molecule has 1 aromatic heterocycles. The minimum atomic E-state index is -4.89. The highest BCUT2D eigenvalue weighted by Crippen LogP contribution is 2.33. The number of rotatable bonds is 2. The van der Waals surface area contributed by atoms with Crippen LogP contribution in [0.5, 0.6) is 0 Å². The molecule has 4 nitrogen and oxygen atoms in total. The van der Waals surface area contributed by atoms with Gasteiger partial charge in [0, 0.05) is 24.1 Å². The number of fused-ring (bicyclic) bond motifs is 1. The molecule has 0 atom stereocenters. The number of nitrogens with zero attached hydrogens (tertiary/aromatic N) is 3. The van der Waals surface area contributed by atoms with Crippen molar-refractivity contribution in [3.05, 3.63) is 82.2 Å². The van der Waals surface area contributed by atoms with Crippen molar-refractivity contribution in [2.24, 2.45) is 12.0 Å². The molecular formula is C20H15F4N3OS. The maximum absolute atomic E-state index is 14.4. The summed E-state index contributed by atoms with van der Waals surface area (Å²) in [7, 11) is 1.83. The molecule has 0 bridgehead atoms. The highest BCUT2D eigenvalue weighted by Gasteiger charge is 2.35. The Morgan fingerprint density at radius 1 is 1.07 bits per heavy atom. The fourth-order valence-corrected chi connectivity index (χ4v) is 4.50. The molecule has 1 aliphatic heterocycles. The quantitative estimate of drug-likeness (QED) is 0.573. The molecule has 0 unspecified atom stereocenters. The molecule has 0 N–H and O–H groups in total. The molecule has 0 saturated heterocycles. The van der Waals surface area contributed by atoms with Crippen molar-refractivity contribution >= 4 is 17.7 Å². The molecule has 150 valence electrons. The molecule has 1 amide bonds. The van der Waals surface area contributed by atoms with E-state index in [9.17, 15) is 22.4 Å². The van der Waals surface area contributed by atoms with Crippen LogP contribution >= 0.6 is 11.8 Å². The van der Waals surface area contributed by atoms with Gasteiger partial charge in [0.25, 0.3) is 5.91 Å². The number of thioether (sulfide) groups is 1. The Morgan fingerprint density at radius 3 is 2.48 bits per heavy atom. The molecule has 0 radical (unpaired) electrons. The third-order valence-electron chi connectivity index (χ3n) is 4.74. The lowest BCUT2D eigenvalue weighted by Crippen LogP contribution is -2.24. The Bertz CT molecular complexity index is 1160. The number of amides is 1. The van der Waals surface area contributed by atoms with Crippen molar-refractivity contribution in [2.75, 3.05) is 0 Å². The Morgan fingerprint density at radius 2 is 1.79 bits per heavy atom. The summed E-state index contributed by atoms with van der Waals surface area (Å²) < 4.78 is 57.0. The maximum atomic E-state index is 14.4. The van der Waals surface area contributed by atoms with Crippen LogP contribution in [0.2, 0.25) is 0 Å². The Balaban J connectivity index is 1.91. The fraction of sp³-hybridized carbons (Fsp3) is 0.200. The first-order valence-corrected chi connectivity index (χ1v) is 9.82. The molecule has 0 spiro atoms. The van der Waals surface area contributed by atoms with Crippen LogP contribution in [0.1, 0.15) is 27.2 Å². The van der Waals surface area contributed by atoms with Gasteiger partial charge in [-0.15, -0.1) is 0 Å². The van der Waals surface area contributed by atoms with E-state index < -0.39 is 29.0 Å². The molecule has 3 aromatic rings. The number of alkyl halides is 3. The van der Waals surface area contributed by atoms with Crippen LogP contribution in [-0.4, -0.2) is 15.3 Å². The van der Waals surface area contributed by atoms with Gasteiger partial charge in [-0.1, -0.05) is 24.3 Å². The van der Waals surface area contributed by atoms with E-state index >= 15 is 0 Å². The van der Waals surface area contributed by atoms with Gasteiger partial charge in [0.05, 0.1) is 22.5 Å². The summed E-state index contributed by atoms with van der Waals surface area (Å²) in [5, 5.41) is 0. The average molecular weight is 421 g/mol. The Labute approximate surface area is 167 Å². The van der Waals surface area contributed by atoms with Gasteiger partial charge in [0.1, 0.15) is 5.82 Å². The van der Waals surface area contributed by atoms with Gasteiger partial charge in [-0.25, -0.2) is 9.07 Å². The highest BCUT2D eigenvalue weighted by molar-refractivity contribution is 7.98. The second-order valence-corrected chi connectivity index (χ2v) is 7.48. The highest BCUT2D eigenvalue weighted by atomic mass is 32.2. The van der Waals surface area contributed by atoms with Crippen molar-refractivity contribution in [3.63, 3.8) is 0 Å². The van der Waals surface area contributed by atoms with Gasteiger partial charge in [0.2, 0.25) is 0 Å². The number of para-hydroxylation sites is 1. The zero-order chi connectivity index (χ0) is 20.8. The van der Waals surface area contributed by atoms with Crippen molar-refractivity contribution < 1.29 is 22.4 Å². The summed E-state index contributed by atoms with van der Waals surface area (Å²) in [6.45, 7) is 0. The number of carbonyl (C=O) groups is 1. The smallest absolute Gasteiger partial charge is 0.285 e. The van der Waals surface area contributed by atoms with Crippen LogP contribution in [0.25, 0.3) is 5.69 Å². The minimum Gasteiger partial charge on any atom is -0.285 e. The molecular weight excluding hydrogens is 406 g/mol. The molecule has 1 aliphatic rings. The lowest BCUT2D eigenvalue weighted by molar-refractivity contribution is -0.140. The van der Waals surface area contributed by atoms with Crippen LogP contribution in [-0.2, 0) is 24.7 Å². The molecule has 2 heterocycles. The molecule has 0 saturated carbocycles. The largest absolute Gasteiger partial charge is 0.419 e. The number of halogens is 4. The van der Waals surface area contributed by atoms with Gasteiger partial charge in [-0.3, -0.25) is 9.48 Å². The Kier molecular flexibility index (Phi) is 4.85. The summed E-state index contributed by atoms with van der Waals surface area (Å²) >= 11 is 1.65. The maximum Gasteiger partial charge on any atom is 0.419 e. The van der Waals surface area contributed by atoms with Crippen molar-refractivity contribution in [2.45, 2.75) is 17.7 Å². The first-order chi connectivity index (χ1) is 13.8. The Hall–Kier alpha value is -2.81. The number of hydrogen-bond donors (Lipinski definition) is 0. The normalized spacial score (nSPS) is 14.3. The van der Waals surface area contributed by atoms with Crippen molar-refractivity contribution in [1.82, 2.24) is 9.36 Å². The number of hydrogen-bond acceptors (Lipinski definition) is 2. The first kappa shape index (κ1) is 19.5. The molecule has 2 aromatic carbocycles. The van der Waals surface area contributed by atoms with E-state index in [1.165, 1.54) is 0 Å². The predicted molar refractivity (Wildman–Crippen MR) is 101 cm³/mol. The zero-order valence-electron chi connectivity index (χ0n) is 15.2. The summed E-state index contributed by atoms with van der Waals surface area (Å²) in [6.07, 6.45) is -4.89. The monoisotopic (exact) mass is 421 g/mol. The summed E-state index contributed by atoms with van der Waals surface area (Å²) in [6, 6.07) is 11.8. The van der Waals surface area contributed by atoms with E-state index in [1.807, 2.05) is 42.1 Å². The second-order valence-electron chi connectivity index (χ2n) is 6.49. The topological polar surface area (TPSA) is 39.3 Å². The van der Waals surface area contributed by atoms with E-state index in [-0.39, 0.29) is 0 Å². The molecule has 29 heavy (non-hydrogen) atoms. The van der Waals surface area contributed by atoms with Crippen LogP contribution in [0.3, 0.4) is 0 Å². The molecule has 0 aliphatic carbocycles. The average Bonchev–Trinajstić information content (AvgIpc) is 3.25. The van der Waals surface area contributed by atoms with E-state index in [0.29, 0.717) is 17.3 Å². The van der Waals surface area contributed by atoms with Gasteiger partial charge in [0.15, 0.2) is 5.49 Å². The van der Waals surface area contributed by atoms with Gasteiger partial charge in [-0.2, -0.15) is 29.9 Å². The third-order valence-corrected chi connectivity index (χ3v) is 5.71.